The van der Waals surface area contributed by atoms with Crippen molar-refractivity contribution >= 4 is 23.1 Å². The second-order valence-corrected chi connectivity index (χ2v) is 7.27. The average molecular weight is 304 g/mol. The third-order valence-electron chi connectivity index (χ3n) is 3.81. The number of nitrogens with zero attached hydrogens (tertiary/aromatic N) is 1. The Morgan fingerprint density at radius 1 is 1.33 bits per heavy atom. The van der Waals surface area contributed by atoms with Crippen LogP contribution in [0, 0.1) is 0 Å². The molecule has 0 aliphatic heterocycles. The van der Waals surface area contributed by atoms with Gasteiger partial charge in [0.15, 0.2) is 0 Å². The van der Waals surface area contributed by atoms with Crippen LogP contribution in [-0.4, -0.2) is 28.4 Å². The van der Waals surface area contributed by atoms with E-state index in [1.807, 2.05) is 29.2 Å². The van der Waals surface area contributed by atoms with E-state index in [2.05, 4.69) is 20.8 Å². The molecule has 2 rings (SSSR count). The van der Waals surface area contributed by atoms with E-state index in [0.717, 1.165) is 24.0 Å². The molecule has 1 aliphatic carbocycles. The summed E-state index contributed by atoms with van der Waals surface area (Å²) in [6.07, 6.45) is 2.76. The second kappa shape index (κ2) is 6.14. The molecule has 1 amide bonds. The highest BCUT2D eigenvalue weighted by Crippen LogP contribution is 2.31. The van der Waals surface area contributed by atoms with Gasteiger partial charge in [-0.1, -0.05) is 51.2 Å². The highest BCUT2D eigenvalue weighted by molar-refractivity contribution is 7.80. The summed E-state index contributed by atoms with van der Waals surface area (Å²) in [5, 5.41) is 0. The maximum atomic E-state index is 12.9. The zero-order valence-electron chi connectivity index (χ0n) is 13.1. The molecular formula is C17H24N2OS. The SMILES string of the molecule is CC(C)(C)c1ccccc1C(=O)N(CCC(N)=S)C1CC1. The molecule has 1 aliphatic rings. The topological polar surface area (TPSA) is 46.3 Å². The summed E-state index contributed by atoms with van der Waals surface area (Å²) in [6, 6.07) is 8.26. The molecule has 114 valence electrons. The van der Waals surface area contributed by atoms with Crippen molar-refractivity contribution in [2.75, 3.05) is 6.54 Å². The molecule has 0 atom stereocenters. The molecular weight excluding hydrogens is 280 g/mol. The second-order valence-electron chi connectivity index (χ2n) is 6.74. The van der Waals surface area contributed by atoms with E-state index in [9.17, 15) is 4.79 Å². The molecule has 0 saturated heterocycles. The molecule has 21 heavy (non-hydrogen) atoms. The molecule has 1 fully saturated rings. The molecule has 0 aromatic heterocycles. The van der Waals surface area contributed by atoms with Crippen LogP contribution in [0.2, 0.25) is 0 Å². The molecule has 2 N–H and O–H groups in total. The number of nitrogens with two attached hydrogens (primary N) is 1. The Balaban J connectivity index is 2.27. The van der Waals surface area contributed by atoms with E-state index in [1.165, 1.54) is 0 Å². The Morgan fingerprint density at radius 3 is 2.48 bits per heavy atom. The molecule has 0 bridgehead atoms. The first-order valence-corrected chi connectivity index (χ1v) is 7.90. The summed E-state index contributed by atoms with van der Waals surface area (Å²) in [5.74, 6) is 0.110. The van der Waals surface area contributed by atoms with Gasteiger partial charge < -0.3 is 10.6 Å². The molecule has 3 nitrogen and oxygen atoms in total. The molecule has 1 saturated carbocycles. The van der Waals surface area contributed by atoms with Gasteiger partial charge in [-0.05, 0) is 29.9 Å². The van der Waals surface area contributed by atoms with E-state index in [4.69, 9.17) is 18.0 Å². The first kappa shape index (κ1) is 16.0. The molecule has 1 aromatic carbocycles. The van der Waals surface area contributed by atoms with E-state index in [1.54, 1.807) is 0 Å². The number of hydrogen-bond acceptors (Lipinski definition) is 2. The third kappa shape index (κ3) is 4.03. The highest BCUT2D eigenvalue weighted by Gasteiger charge is 2.34. The van der Waals surface area contributed by atoms with Gasteiger partial charge in [0.1, 0.15) is 0 Å². The highest BCUT2D eigenvalue weighted by atomic mass is 32.1. The molecule has 0 heterocycles. The quantitative estimate of drug-likeness (QED) is 0.849. The lowest BCUT2D eigenvalue weighted by molar-refractivity contribution is 0.0745. The number of hydrogen-bond donors (Lipinski definition) is 1. The van der Waals surface area contributed by atoms with Crippen LogP contribution in [-0.2, 0) is 5.41 Å². The van der Waals surface area contributed by atoms with Gasteiger partial charge in [-0.25, -0.2) is 0 Å². The van der Waals surface area contributed by atoms with E-state index in [0.29, 0.717) is 24.0 Å². The van der Waals surface area contributed by atoms with Crippen LogP contribution in [0.15, 0.2) is 24.3 Å². The fourth-order valence-corrected chi connectivity index (χ4v) is 2.64. The number of amides is 1. The zero-order chi connectivity index (χ0) is 15.6. The monoisotopic (exact) mass is 304 g/mol. The summed E-state index contributed by atoms with van der Waals surface area (Å²) >= 11 is 4.95. The Kier molecular flexibility index (Phi) is 4.67. The molecule has 1 aromatic rings. The lowest BCUT2D eigenvalue weighted by Crippen LogP contribution is -2.36. The first-order chi connectivity index (χ1) is 9.80. The standard InChI is InChI=1S/C17H24N2OS/c1-17(2,3)14-7-5-4-6-13(14)16(20)19(12-8-9-12)11-10-15(18)21/h4-7,12H,8-11H2,1-3H3,(H2,18,21). The Morgan fingerprint density at radius 2 is 1.95 bits per heavy atom. The predicted octanol–water partition coefficient (Wildman–Crippen LogP) is 3.26. The summed E-state index contributed by atoms with van der Waals surface area (Å²) in [6.45, 7) is 7.03. The van der Waals surface area contributed by atoms with Crippen molar-refractivity contribution in [3.8, 4) is 0 Å². The van der Waals surface area contributed by atoms with Gasteiger partial charge in [0.2, 0.25) is 0 Å². The van der Waals surface area contributed by atoms with Crippen molar-refractivity contribution in [3.63, 3.8) is 0 Å². The summed E-state index contributed by atoms with van der Waals surface area (Å²) < 4.78 is 0. The van der Waals surface area contributed by atoms with Crippen LogP contribution in [0.3, 0.4) is 0 Å². The summed E-state index contributed by atoms with van der Waals surface area (Å²) in [4.78, 5) is 15.4. The lowest BCUT2D eigenvalue weighted by Gasteiger charge is -2.27. The van der Waals surface area contributed by atoms with Crippen LogP contribution < -0.4 is 5.73 Å². The number of carbonyl (C=O) groups excluding carboxylic acids is 1. The smallest absolute Gasteiger partial charge is 0.254 e. The number of thiocarbonyl (C=S) groups is 1. The molecule has 4 heteroatoms. The fraction of sp³-hybridized carbons (Fsp3) is 0.529. The zero-order valence-corrected chi connectivity index (χ0v) is 13.9. The number of carbonyl (C=O) groups is 1. The van der Waals surface area contributed by atoms with Crippen molar-refractivity contribution in [2.24, 2.45) is 5.73 Å². The minimum atomic E-state index is -0.0509. The van der Waals surface area contributed by atoms with Crippen molar-refractivity contribution in [2.45, 2.75) is 51.5 Å². The van der Waals surface area contributed by atoms with Crippen LogP contribution in [0.25, 0.3) is 0 Å². The van der Waals surface area contributed by atoms with Gasteiger partial charge in [0.25, 0.3) is 5.91 Å². The Labute approximate surface area is 132 Å². The van der Waals surface area contributed by atoms with Crippen LogP contribution in [0.4, 0.5) is 0 Å². The van der Waals surface area contributed by atoms with Gasteiger partial charge >= 0.3 is 0 Å². The molecule has 0 spiro atoms. The number of rotatable bonds is 5. The van der Waals surface area contributed by atoms with Crippen molar-refractivity contribution < 1.29 is 4.79 Å². The summed E-state index contributed by atoms with van der Waals surface area (Å²) in [5.41, 5.74) is 7.44. The predicted molar refractivity (Wildman–Crippen MR) is 90.6 cm³/mol. The minimum absolute atomic E-state index is 0.0509. The van der Waals surface area contributed by atoms with Crippen molar-refractivity contribution in [1.82, 2.24) is 4.90 Å². The van der Waals surface area contributed by atoms with Gasteiger partial charge in [-0.15, -0.1) is 0 Å². The average Bonchev–Trinajstić information content (AvgIpc) is 3.22. The minimum Gasteiger partial charge on any atom is -0.393 e. The maximum Gasteiger partial charge on any atom is 0.254 e. The fourth-order valence-electron chi connectivity index (χ4n) is 2.55. The lowest BCUT2D eigenvalue weighted by atomic mass is 9.83. The Hall–Kier alpha value is -1.42. The van der Waals surface area contributed by atoms with Gasteiger partial charge in [-0.2, -0.15) is 0 Å². The van der Waals surface area contributed by atoms with Gasteiger partial charge in [0.05, 0.1) is 4.99 Å². The maximum absolute atomic E-state index is 12.9. The Bertz CT molecular complexity index is 544. The van der Waals surface area contributed by atoms with Gasteiger partial charge in [-0.3, -0.25) is 4.79 Å². The van der Waals surface area contributed by atoms with E-state index >= 15 is 0 Å². The van der Waals surface area contributed by atoms with Crippen LogP contribution in [0.5, 0.6) is 0 Å². The van der Waals surface area contributed by atoms with Crippen molar-refractivity contribution in [3.05, 3.63) is 35.4 Å². The summed E-state index contributed by atoms with van der Waals surface area (Å²) in [7, 11) is 0. The van der Waals surface area contributed by atoms with Gasteiger partial charge in [0, 0.05) is 24.6 Å². The van der Waals surface area contributed by atoms with Crippen LogP contribution >= 0.6 is 12.2 Å². The van der Waals surface area contributed by atoms with Crippen molar-refractivity contribution in [1.29, 1.82) is 0 Å². The third-order valence-corrected chi connectivity index (χ3v) is 4.02. The first-order valence-electron chi connectivity index (χ1n) is 7.49. The number of benzene rings is 1. The van der Waals surface area contributed by atoms with E-state index < -0.39 is 0 Å². The molecule has 0 radical (unpaired) electrons. The molecule has 0 unspecified atom stereocenters. The van der Waals surface area contributed by atoms with E-state index in [-0.39, 0.29) is 11.3 Å². The largest absolute Gasteiger partial charge is 0.393 e. The van der Waals surface area contributed by atoms with Crippen LogP contribution in [0.1, 0.15) is 56.0 Å². The normalized spacial score (nSPS) is 14.8.